The molecule has 1 atom stereocenters. The molecule has 1 unspecified atom stereocenters. The first-order chi connectivity index (χ1) is 16.1. The van der Waals surface area contributed by atoms with Gasteiger partial charge < -0.3 is 15.5 Å². The molecule has 0 bridgehead atoms. The first-order valence-electron chi connectivity index (χ1n) is 9.66. The standard InChI is InChI=1S/C18H19N3O3S2.C4H4O4/c1-19-11-14-10-17(16-7-3-4-8-18(16)25(2)22)21(13-14)26(23,24)15-6-5-9-20-12-15;5-3(6)1-2-4(7)8/h3-10,12-13,19H,11H2,1-2H3;1-2H,(H,5,6)(H,7,8)/b;2-1+. The summed E-state index contributed by atoms with van der Waals surface area (Å²) in [5.74, 6) is -2.51. The average molecular weight is 506 g/mol. The van der Waals surface area contributed by atoms with Gasteiger partial charge in [0.2, 0.25) is 0 Å². The molecular weight excluding hydrogens is 482 g/mol. The van der Waals surface area contributed by atoms with Crippen LogP contribution in [-0.2, 0) is 37.0 Å². The van der Waals surface area contributed by atoms with Crippen LogP contribution in [0.2, 0.25) is 0 Å². The number of rotatable bonds is 8. The number of nitrogens with zero attached hydrogens (tertiary/aromatic N) is 2. The normalized spacial score (nSPS) is 12.1. The van der Waals surface area contributed by atoms with Crippen molar-refractivity contribution in [2.45, 2.75) is 16.3 Å². The molecule has 3 aromatic rings. The van der Waals surface area contributed by atoms with Gasteiger partial charge >= 0.3 is 11.9 Å². The number of nitrogens with one attached hydrogen (secondary N) is 1. The van der Waals surface area contributed by atoms with Gasteiger partial charge in [0.05, 0.1) is 16.5 Å². The largest absolute Gasteiger partial charge is 0.478 e. The fraction of sp³-hybridized carbons (Fsp3) is 0.136. The van der Waals surface area contributed by atoms with E-state index in [2.05, 4.69) is 10.3 Å². The summed E-state index contributed by atoms with van der Waals surface area (Å²) in [7, 11) is -3.29. The van der Waals surface area contributed by atoms with Gasteiger partial charge in [-0.15, -0.1) is 0 Å². The van der Waals surface area contributed by atoms with E-state index in [1.54, 1.807) is 55.9 Å². The summed E-state index contributed by atoms with van der Waals surface area (Å²) in [6.45, 7) is 0.514. The van der Waals surface area contributed by atoms with Gasteiger partial charge in [-0.2, -0.15) is 0 Å². The number of hydrogen-bond acceptors (Lipinski definition) is 7. The maximum absolute atomic E-state index is 13.2. The van der Waals surface area contributed by atoms with Crippen molar-refractivity contribution in [3.8, 4) is 11.3 Å². The lowest BCUT2D eigenvalue weighted by Gasteiger charge is -2.12. The summed E-state index contributed by atoms with van der Waals surface area (Å²) in [4.78, 5) is 23.7. The van der Waals surface area contributed by atoms with Crippen molar-refractivity contribution in [3.63, 3.8) is 0 Å². The van der Waals surface area contributed by atoms with Crippen molar-refractivity contribution in [3.05, 3.63) is 78.8 Å². The van der Waals surface area contributed by atoms with Crippen molar-refractivity contribution in [2.24, 2.45) is 0 Å². The SMILES string of the molecule is CNCc1cc(-c2ccccc2S(C)=O)n(S(=O)(=O)c2cccnc2)c1.O=C(O)/C=C/C(=O)O. The Hall–Kier alpha value is -3.61. The second-order valence-corrected chi connectivity index (χ2v) is 9.88. The van der Waals surface area contributed by atoms with E-state index in [0.29, 0.717) is 34.8 Å². The van der Waals surface area contributed by atoms with E-state index in [0.717, 1.165) is 5.56 Å². The lowest BCUT2D eigenvalue weighted by Crippen LogP contribution is -2.14. The van der Waals surface area contributed by atoms with Crippen LogP contribution in [-0.4, -0.2) is 57.0 Å². The molecule has 0 aliphatic carbocycles. The van der Waals surface area contributed by atoms with E-state index < -0.39 is 32.8 Å². The van der Waals surface area contributed by atoms with Gasteiger partial charge in [-0.05, 0) is 36.9 Å². The molecule has 0 saturated heterocycles. The molecule has 0 spiro atoms. The van der Waals surface area contributed by atoms with E-state index in [1.807, 2.05) is 0 Å². The number of aromatic nitrogens is 2. The Balaban J connectivity index is 0.000000440. The third kappa shape index (κ3) is 6.94. The van der Waals surface area contributed by atoms with Crippen LogP contribution in [0.1, 0.15) is 5.56 Å². The summed E-state index contributed by atoms with van der Waals surface area (Å²) in [5, 5.41) is 18.6. The molecule has 0 saturated carbocycles. The van der Waals surface area contributed by atoms with Crippen molar-refractivity contribution in [1.29, 1.82) is 0 Å². The quantitative estimate of drug-likeness (QED) is 0.389. The van der Waals surface area contributed by atoms with Crippen LogP contribution in [0.3, 0.4) is 0 Å². The third-order valence-electron chi connectivity index (χ3n) is 4.26. The molecule has 0 radical (unpaired) electrons. The average Bonchev–Trinajstić information content (AvgIpc) is 3.23. The van der Waals surface area contributed by atoms with Gasteiger partial charge in [0, 0.05) is 54.0 Å². The van der Waals surface area contributed by atoms with E-state index in [-0.39, 0.29) is 4.90 Å². The van der Waals surface area contributed by atoms with Crippen LogP contribution >= 0.6 is 0 Å². The van der Waals surface area contributed by atoms with Crippen LogP contribution in [0.15, 0.2) is 83.0 Å². The number of hydrogen-bond donors (Lipinski definition) is 3. The van der Waals surface area contributed by atoms with Gasteiger partial charge in [-0.25, -0.2) is 22.0 Å². The minimum atomic E-state index is -3.83. The molecule has 10 nitrogen and oxygen atoms in total. The van der Waals surface area contributed by atoms with Gasteiger partial charge in [0.15, 0.2) is 0 Å². The van der Waals surface area contributed by atoms with Crippen LogP contribution < -0.4 is 5.32 Å². The highest BCUT2D eigenvalue weighted by Crippen LogP contribution is 2.30. The zero-order valence-corrected chi connectivity index (χ0v) is 19.9. The van der Waals surface area contributed by atoms with Crippen molar-refractivity contribution in [1.82, 2.24) is 14.3 Å². The Morgan fingerprint density at radius 1 is 1.12 bits per heavy atom. The van der Waals surface area contributed by atoms with E-state index in [4.69, 9.17) is 10.2 Å². The molecular formula is C22H23N3O7S2. The Morgan fingerprint density at radius 3 is 2.29 bits per heavy atom. The summed E-state index contributed by atoms with van der Waals surface area (Å²) < 4.78 is 39.7. The topological polar surface area (TPSA) is 156 Å². The molecule has 34 heavy (non-hydrogen) atoms. The molecule has 12 heteroatoms. The third-order valence-corrected chi connectivity index (χ3v) is 6.89. The number of aliphatic carboxylic acids is 2. The van der Waals surface area contributed by atoms with E-state index >= 15 is 0 Å². The number of carboxylic acid groups (broad SMARTS) is 2. The molecule has 2 heterocycles. The molecule has 3 N–H and O–H groups in total. The highest BCUT2D eigenvalue weighted by atomic mass is 32.2. The zero-order valence-electron chi connectivity index (χ0n) is 18.3. The monoisotopic (exact) mass is 505 g/mol. The van der Waals surface area contributed by atoms with Crippen LogP contribution in [0.4, 0.5) is 0 Å². The van der Waals surface area contributed by atoms with Gasteiger partial charge in [-0.1, -0.05) is 18.2 Å². The molecule has 0 aliphatic rings. The van der Waals surface area contributed by atoms with Crippen LogP contribution in [0.25, 0.3) is 11.3 Å². The Labute approximate surface area is 199 Å². The summed E-state index contributed by atoms with van der Waals surface area (Å²) in [6, 6.07) is 12.0. The predicted octanol–water partition coefficient (Wildman–Crippen LogP) is 1.96. The molecule has 0 aliphatic heterocycles. The first-order valence-corrected chi connectivity index (χ1v) is 12.7. The molecule has 1 aromatic carbocycles. The number of carbonyl (C=O) groups is 2. The highest BCUT2D eigenvalue weighted by molar-refractivity contribution is 7.90. The predicted molar refractivity (Wildman–Crippen MR) is 126 cm³/mol. The molecule has 180 valence electrons. The fourth-order valence-electron chi connectivity index (χ4n) is 2.88. The molecule has 3 rings (SSSR count). The molecule has 0 fully saturated rings. The zero-order chi connectivity index (χ0) is 25.3. The van der Waals surface area contributed by atoms with Crippen molar-refractivity contribution in [2.75, 3.05) is 13.3 Å². The van der Waals surface area contributed by atoms with E-state index in [9.17, 15) is 22.2 Å². The minimum Gasteiger partial charge on any atom is -0.478 e. The van der Waals surface area contributed by atoms with Crippen molar-refractivity contribution < 1.29 is 32.4 Å². The first kappa shape index (κ1) is 26.6. The Morgan fingerprint density at radius 2 is 1.76 bits per heavy atom. The van der Waals surface area contributed by atoms with E-state index in [1.165, 1.54) is 22.4 Å². The van der Waals surface area contributed by atoms with Crippen molar-refractivity contribution >= 4 is 32.8 Å². The second-order valence-electron chi connectivity index (χ2n) is 6.71. The maximum atomic E-state index is 13.2. The number of carboxylic acids is 2. The molecule has 0 amide bonds. The Kier molecular flexibility index (Phi) is 9.42. The highest BCUT2D eigenvalue weighted by Gasteiger charge is 2.23. The van der Waals surface area contributed by atoms with Gasteiger partial charge in [-0.3, -0.25) is 9.19 Å². The summed E-state index contributed by atoms with van der Waals surface area (Å²) in [5.41, 5.74) is 1.92. The molecule has 2 aromatic heterocycles. The van der Waals surface area contributed by atoms with Gasteiger partial charge in [0.1, 0.15) is 4.90 Å². The lowest BCUT2D eigenvalue weighted by atomic mass is 10.1. The fourth-order valence-corrected chi connectivity index (χ4v) is 4.99. The van der Waals surface area contributed by atoms with Crippen LogP contribution in [0, 0.1) is 0 Å². The second kappa shape index (κ2) is 12.0. The smallest absolute Gasteiger partial charge is 0.328 e. The number of pyridine rings is 1. The summed E-state index contributed by atoms with van der Waals surface area (Å²) in [6.07, 6.45) is 7.13. The maximum Gasteiger partial charge on any atom is 0.328 e. The number of benzene rings is 1. The minimum absolute atomic E-state index is 0.1000. The van der Waals surface area contributed by atoms with Gasteiger partial charge in [0.25, 0.3) is 10.0 Å². The van der Waals surface area contributed by atoms with Crippen LogP contribution in [0.5, 0.6) is 0 Å². The Bertz CT molecular complexity index is 1300. The summed E-state index contributed by atoms with van der Waals surface area (Å²) >= 11 is 0. The lowest BCUT2D eigenvalue weighted by molar-refractivity contribution is -0.134.